The quantitative estimate of drug-likeness (QED) is 0.223. The van der Waals surface area contributed by atoms with E-state index in [-0.39, 0.29) is 17.8 Å². The molecule has 1 aliphatic heterocycles. The Hall–Kier alpha value is -4.48. The highest BCUT2D eigenvalue weighted by Gasteiger charge is 2.30. The summed E-state index contributed by atoms with van der Waals surface area (Å²) in [6.07, 6.45) is 0. The van der Waals surface area contributed by atoms with E-state index in [2.05, 4.69) is 77.1 Å². The third-order valence-electron chi connectivity index (χ3n) is 8.07. The van der Waals surface area contributed by atoms with Gasteiger partial charge in [0.25, 0.3) is 5.91 Å². The lowest BCUT2D eigenvalue weighted by molar-refractivity contribution is 0.0596. The molecular formula is C36H34FN3O. The van der Waals surface area contributed by atoms with Crippen LogP contribution >= 0.6 is 0 Å². The van der Waals surface area contributed by atoms with Gasteiger partial charge >= 0.3 is 0 Å². The fraction of sp³-hybridized carbons (Fsp3) is 0.194. The molecule has 0 spiro atoms. The van der Waals surface area contributed by atoms with Gasteiger partial charge in [0.05, 0.1) is 17.3 Å². The van der Waals surface area contributed by atoms with Crippen molar-refractivity contribution in [3.05, 3.63) is 149 Å². The van der Waals surface area contributed by atoms with Crippen LogP contribution in [0.1, 0.15) is 38.8 Å². The molecule has 0 atom stereocenters. The lowest BCUT2D eigenvalue weighted by Crippen LogP contribution is -2.50. The molecule has 1 aromatic heterocycles. The van der Waals surface area contributed by atoms with Crippen molar-refractivity contribution in [1.82, 2.24) is 14.4 Å². The summed E-state index contributed by atoms with van der Waals surface area (Å²) in [7, 11) is 0. The van der Waals surface area contributed by atoms with Crippen LogP contribution in [0.25, 0.3) is 16.9 Å². The molecule has 1 saturated heterocycles. The number of rotatable bonds is 6. The largest absolute Gasteiger partial charge is 0.336 e. The lowest BCUT2D eigenvalue weighted by Gasteiger charge is -2.39. The molecule has 0 saturated carbocycles. The van der Waals surface area contributed by atoms with E-state index >= 15 is 0 Å². The maximum Gasteiger partial charge on any atom is 0.255 e. The fourth-order valence-corrected chi connectivity index (χ4v) is 5.99. The third-order valence-corrected chi connectivity index (χ3v) is 8.07. The summed E-state index contributed by atoms with van der Waals surface area (Å²) < 4.78 is 15.9. The van der Waals surface area contributed by atoms with Crippen LogP contribution in [0.5, 0.6) is 0 Å². The standard InChI is InChI=1S/C36H34FN3O/c1-26-10-9-15-32(24-26)40-27(2)33(25-34(40)28-16-18-31(37)19-17-28)36(41)39-22-20-38(21-23-39)35(29-11-5-3-6-12-29)30-13-7-4-8-14-30/h3-19,24-25,35H,20-23H2,1-2H3. The first-order valence-electron chi connectivity index (χ1n) is 14.2. The van der Waals surface area contributed by atoms with Crippen LogP contribution in [0.2, 0.25) is 0 Å². The molecule has 0 N–H and O–H groups in total. The SMILES string of the molecule is Cc1cccc(-n2c(-c3ccc(F)cc3)cc(C(=O)N3CCN(C(c4ccccc4)c4ccccc4)CC3)c2C)c1. The average Bonchev–Trinajstić information content (AvgIpc) is 3.35. The molecule has 5 aromatic rings. The number of hydrogen-bond acceptors (Lipinski definition) is 2. The maximum atomic E-state index is 14.0. The van der Waals surface area contributed by atoms with Gasteiger partial charge in [0.15, 0.2) is 0 Å². The predicted octanol–water partition coefficient (Wildman–Crippen LogP) is 7.45. The van der Waals surface area contributed by atoms with E-state index < -0.39 is 0 Å². The molecule has 206 valence electrons. The highest BCUT2D eigenvalue weighted by molar-refractivity contribution is 5.97. The minimum atomic E-state index is -0.280. The number of carbonyl (C=O) groups is 1. The minimum Gasteiger partial charge on any atom is -0.336 e. The Balaban J connectivity index is 1.29. The first-order valence-corrected chi connectivity index (χ1v) is 14.2. The summed E-state index contributed by atoms with van der Waals surface area (Å²) in [5, 5.41) is 0. The Morgan fingerprint density at radius 1 is 0.707 bits per heavy atom. The summed E-state index contributed by atoms with van der Waals surface area (Å²) in [6.45, 7) is 6.92. The zero-order valence-corrected chi connectivity index (χ0v) is 23.5. The van der Waals surface area contributed by atoms with Gasteiger partial charge in [-0.1, -0.05) is 72.8 Å². The van der Waals surface area contributed by atoms with Gasteiger partial charge in [-0.3, -0.25) is 9.69 Å². The van der Waals surface area contributed by atoms with Gasteiger partial charge in [0.2, 0.25) is 0 Å². The Morgan fingerprint density at radius 3 is 1.90 bits per heavy atom. The number of halogens is 1. The molecule has 6 rings (SSSR count). The van der Waals surface area contributed by atoms with Gasteiger partial charge in [0, 0.05) is 37.6 Å². The molecule has 4 aromatic carbocycles. The first-order chi connectivity index (χ1) is 20.0. The second kappa shape index (κ2) is 11.6. The number of amides is 1. The number of aromatic nitrogens is 1. The van der Waals surface area contributed by atoms with Gasteiger partial charge in [-0.2, -0.15) is 0 Å². The van der Waals surface area contributed by atoms with E-state index in [1.165, 1.54) is 23.3 Å². The molecule has 0 unspecified atom stereocenters. The predicted molar refractivity (Wildman–Crippen MR) is 163 cm³/mol. The number of benzene rings is 4. The molecule has 41 heavy (non-hydrogen) atoms. The second-order valence-corrected chi connectivity index (χ2v) is 10.8. The first kappa shape index (κ1) is 26.7. The number of aryl methyl sites for hydroxylation is 1. The number of hydrogen-bond donors (Lipinski definition) is 0. The zero-order valence-electron chi connectivity index (χ0n) is 23.5. The molecule has 1 aliphatic rings. The zero-order chi connectivity index (χ0) is 28.3. The summed E-state index contributed by atoms with van der Waals surface area (Å²) in [5.74, 6) is -0.245. The smallest absolute Gasteiger partial charge is 0.255 e. The van der Waals surface area contributed by atoms with Gasteiger partial charge in [-0.15, -0.1) is 0 Å². The van der Waals surface area contributed by atoms with Crippen molar-refractivity contribution >= 4 is 5.91 Å². The molecule has 0 aliphatic carbocycles. The van der Waals surface area contributed by atoms with E-state index in [1.807, 2.05) is 42.2 Å². The number of piperazine rings is 1. The maximum absolute atomic E-state index is 14.0. The Labute approximate surface area is 241 Å². The van der Waals surface area contributed by atoms with E-state index in [4.69, 9.17) is 0 Å². The van der Waals surface area contributed by atoms with Crippen LogP contribution in [0.3, 0.4) is 0 Å². The number of nitrogens with zero attached hydrogens (tertiary/aromatic N) is 3. The highest BCUT2D eigenvalue weighted by Crippen LogP contribution is 2.33. The van der Waals surface area contributed by atoms with Gasteiger partial charge in [-0.05, 0) is 78.6 Å². The van der Waals surface area contributed by atoms with Crippen LogP contribution in [0, 0.1) is 19.7 Å². The van der Waals surface area contributed by atoms with Crippen molar-refractivity contribution in [2.75, 3.05) is 26.2 Å². The van der Waals surface area contributed by atoms with E-state index in [0.29, 0.717) is 18.7 Å². The molecule has 0 bridgehead atoms. The molecule has 1 fully saturated rings. The van der Waals surface area contributed by atoms with Crippen molar-refractivity contribution in [2.24, 2.45) is 0 Å². The van der Waals surface area contributed by atoms with Crippen LogP contribution in [0.4, 0.5) is 4.39 Å². The van der Waals surface area contributed by atoms with Crippen molar-refractivity contribution < 1.29 is 9.18 Å². The fourth-order valence-electron chi connectivity index (χ4n) is 5.99. The van der Waals surface area contributed by atoms with Crippen LogP contribution in [-0.2, 0) is 0 Å². The molecule has 4 nitrogen and oxygen atoms in total. The molecule has 5 heteroatoms. The summed E-state index contributed by atoms with van der Waals surface area (Å²) >= 11 is 0. The van der Waals surface area contributed by atoms with E-state index in [1.54, 1.807) is 12.1 Å². The summed E-state index contributed by atoms with van der Waals surface area (Å²) in [5.41, 5.74) is 7.95. The Bertz CT molecular complexity index is 1600. The van der Waals surface area contributed by atoms with E-state index in [9.17, 15) is 9.18 Å². The number of carbonyl (C=O) groups excluding carboxylic acids is 1. The second-order valence-electron chi connectivity index (χ2n) is 10.8. The minimum absolute atomic E-state index is 0.0351. The monoisotopic (exact) mass is 543 g/mol. The average molecular weight is 544 g/mol. The van der Waals surface area contributed by atoms with Crippen LogP contribution in [-0.4, -0.2) is 46.5 Å². The van der Waals surface area contributed by atoms with Crippen molar-refractivity contribution in [1.29, 1.82) is 0 Å². The molecular weight excluding hydrogens is 509 g/mol. The van der Waals surface area contributed by atoms with Crippen LogP contribution < -0.4 is 0 Å². The molecule has 0 radical (unpaired) electrons. The van der Waals surface area contributed by atoms with Crippen LogP contribution in [0.15, 0.2) is 115 Å². The summed E-state index contributed by atoms with van der Waals surface area (Å²) in [6, 6.07) is 38.0. The third kappa shape index (κ3) is 5.46. The Kier molecular flexibility index (Phi) is 7.53. The highest BCUT2D eigenvalue weighted by atomic mass is 19.1. The van der Waals surface area contributed by atoms with Crippen molar-refractivity contribution in [3.63, 3.8) is 0 Å². The van der Waals surface area contributed by atoms with E-state index in [0.717, 1.165) is 41.3 Å². The van der Waals surface area contributed by atoms with Gasteiger partial charge < -0.3 is 9.47 Å². The topological polar surface area (TPSA) is 28.5 Å². The van der Waals surface area contributed by atoms with Crippen molar-refractivity contribution in [2.45, 2.75) is 19.9 Å². The lowest BCUT2D eigenvalue weighted by atomic mass is 9.96. The van der Waals surface area contributed by atoms with Gasteiger partial charge in [-0.25, -0.2) is 4.39 Å². The summed E-state index contributed by atoms with van der Waals surface area (Å²) in [4.78, 5) is 18.5. The normalized spacial score (nSPS) is 14.0. The Morgan fingerprint density at radius 2 is 1.32 bits per heavy atom. The van der Waals surface area contributed by atoms with Crippen molar-refractivity contribution in [3.8, 4) is 16.9 Å². The molecule has 1 amide bonds. The molecule has 2 heterocycles. The van der Waals surface area contributed by atoms with Gasteiger partial charge in [0.1, 0.15) is 5.82 Å².